The molecule has 0 spiro atoms. The molecule has 3 aromatic heterocycles. The molecule has 0 fully saturated rings. The number of anilines is 1. The first kappa shape index (κ1) is 15.5. The zero-order chi connectivity index (χ0) is 16.9. The Kier molecular flexibility index (Phi) is 3.40. The number of pyridine rings is 1. The minimum atomic E-state index is -3.75. The van der Waals surface area contributed by atoms with E-state index in [4.69, 9.17) is 0 Å². The van der Waals surface area contributed by atoms with Gasteiger partial charge in [0, 0.05) is 31.2 Å². The van der Waals surface area contributed by atoms with E-state index in [1.165, 1.54) is 10.9 Å². The lowest BCUT2D eigenvalue weighted by molar-refractivity contribution is 0.600. The Morgan fingerprint density at radius 3 is 2.30 bits per heavy atom. The molecule has 0 aliphatic rings. The molecule has 1 N–H and O–H groups in total. The van der Waals surface area contributed by atoms with Crippen molar-refractivity contribution in [2.24, 2.45) is 14.1 Å². The summed E-state index contributed by atoms with van der Waals surface area (Å²) < 4.78 is 31.0. The molecular formula is C14H18N6O2S. The van der Waals surface area contributed by atoms with Crippen LogP contribution in [0.5, 0.6) is 0 Å². The van der Waals surface area contributed by atoms with Crippen molar-refractivity contribution in [2.75, 3.05) is 4.72 Å². The molecule has 0 aliphatic heterocycles. The summed E-state index contributed by atoms with van der Waals surface area (Å²) in [4.78, 5) is 4.31. The standard InChI is InChI=1S/C14H18N6O2S/c1-8-9(2)16-19(4)13(8)18-23(21,22)11-6-12-10(3)17-20(5)14(12)15-7-11/h6-7,18H,1-5H3. The van der Waals surface area contributed by atoms with Crippen molar-refractivity contribution >= 4 is 26.9 Å². The van der Waals surface area contributed by atoms with Gasteiger partial charge in [0.15, 0.2) is 5.65 Å². The third kappa shape index (κ3) is 2.46. The van der Waals surface area contributed by atoms with Crippen LogP contribution < -0.4 is 4.72 Å². The zero-order valence-electron chi connectivity index (χ0n) is 13.6. The number of aromatic nitrogens is 5. The molecule has 0 bridgehead atoms. The molecule has 9 heteroatoms. The molecule has 3 aromatic rings. The van der Waals surface area contributed by atoms with Crippen LogP contribution in [0.3, 0.4) is 0 Å². The molecule has 0 aromatic carbocycles. The van der Waals surface area contributed by atoms with Gasteiger partial charge in [-0.1, -0.05) is 0 Å². The van der Waals surface area contributed by atoms with Crippen LogP contribution in [0.15, 0.2) is 17.2 Å². The van der Waals surface area contributed by atoms with E-state index < -0.39 is 10.0 Å². The molecular weight excluding hydrogens is 316 g/mol. The van der Waals surface area contributed by atoms with Gasteiger partial charge in [0.05, 0.1) is 11.4 Å². The minimum absolute atomic E-state index is 0.0966. The Balaban J connectivity index is 2.07. The predicted molar refractivity (Wildman–Crippen MR) is 86.7 cm³/mol. The van der Waals surface area contributed by atoms with Gasteiger partial charge in [0.1, 0.15) is 10.7 Å². The number of hydrogen-bond donors (Lipinski definition) is 1. The molecule has 0 unspecified atom stereocenters. The first-order valence-corrected chi connectivity index (χ1v) is 8.51. The van der Waals surface area contributed by atoms with Crippen LogP contribution in [0.1, 0.15) is 17.0 Å². The number of hydrogen-bond acceptors (Lipinski definition) is 5. The largest absolute Gasteiger partial charge is 0.264 e. The van der Waals surface area contributed by atoms with Crippen LogP contribution in [-0.4, -0.2) is 33.0 Å². The minimum Gasteiger partial charge on any atom is -0.263 e. The summed E-state index contributed by atoms with van der Waals surface area (Å²) in [5, 5.41) is 9.19. The highest BCUT2D eigenvalue weighted by atomic mass is 32.2. The first-order valence-electron chi connectivity index (χ1n) is 7.03. The van der Waals surface area contributed by atoms with E-state index >= 15 is 0 Å². The predicted octanol–water partition coefficient (Wildman–Crippen LogP) is 1.43. The molecule has 0 saturated heterocycles. The monoisotopic (exact) mass is 334 g/mol. The maximum Gasteiger partial charge on any atom is 0.264 e. The Hall–Kier alpha value is -2.42. The lowest BCUT2D eigenvalue weighted by Gasteiger charge is -2.09. The van der Waals surface area contributed by atoms with Crippen molar-refractivity contribution in [2.45, 2.75) is 25.7 Å². The fraction of sp³-hybridized carbons (Fsp3) is 0.357. The van der Waals surface area contributed by atoms with Crippen LogP contribution in [0.25, 0.3) is 11.0 Å². The van der Waals surface area contributed by atoms with Gasteiger partial charge >= 0.3 is 0 Å². The van der Waals surface area contributed by atoms with Crippen molar-refractivity contribution in [3.63, 3.8) is 0 Å². The average Bonchev–Trinajstić information content (AvgIpc) is 2.90. The number of nitrogens with zero attached hydrogens (tertiary/aromatic N) is 5. The van der Waals surface area contributed by atoms with Gasteiger partial charge in [-0.3, -0.25) is 14.1 Å². The van der Waals surface area contributed by atoms with Crippen molar-refractivity contribution in [3.8, 4) is 0 Å². The molecule has 23 heavy (non-hydrogen) atoms. The zero-order valence-corrected chi connectivity index (χ0v) is 14.4. The first-order chi connectivity index (χ1) is 10.7. The van der Waals surface area contributed by atoms with E-state index in [2.05, 4.69) is 19.9 Å². The lowest BCUT2D eigenvalue weighted by Crippen LogP contribution is -2.16. The van der Waals surface area contributed by atoms with Crippen molar-refractivity contribution in [1.29, 1.82) is 0 Å². The smallest absolute Gasteiger partial charge is 0.263 e. The molecule has 0 aliphatic carbocycles. The molecule has 0 amide bonds. The highest BCUT2D eigenvalue weighted by molar-refractivity contribution is 7.92. The van der Waals surface area contributed by atoms with E-state index in [0.717, 1.165) is 17.0 Å². The van der Waals surface area contributed by atoms with Crippen LogP contribution in [0.2, 0.25) is 0 Å². The Labute approximate surface area is 134 Å². The molecule has 122 valence electrons. The van der Waals surface area contributed by atoms with Gasteiger partial charge in [0.2, 0.25) is 0 Å². The Bertz CT molecular complexity index is 1020. The van der Waals surface area contributed by atoms with E-state index in [1.807, 2.05) is 20.8 Å². The van der Waals surface area contributed by atoms with Gasteiger partial charge in [-0.15, -0.1) is 0 Å². The SMILES string of the molecule is Cc1nn(C)c(NS(=O)(=O)c2cnc3c(c2)c(C)nn3C)c1C. The Morgan fingerprint density at radius 2 is 1.70 bits per heavy atom. The van der Waals surface area contributed by atoms with Gasteiger partial charge in [-0.2, -0.15) is 10.2 Å². The molecule has 0 radical (unpaired) electrons. The van der Waals surface area contributed by atoms with Crippen LogP contribution >= 0.6 is 0 Å². The Morgan fingerprint density at radius 1 is 1.04 bits per heavy atom. The number of nitrogens with one attached hydrogen (secondary N) is 1. The van der Waals surface area contributed by atoms with E-state index in [-0.39, 0.29) is 4.90 Å². The summed E-state index contributed by atoms with van der Waals surface area (Å²) in [7, 11) is -0.281. The lowest BCUT2D eigenvalue weighted by atomic mass is 10.3. The summed E-state index contributed by atoms with van der Waals surface area (Å²) in [6.45, 7) is 5.48. The highest BCUT2D eigenvalue weighted by Crippen LogP contribution is 2.23. The van der Waals surface area contributed by atoms with Crippen LogP contribution in [0, 0.1) is 20.8 Å². The van der Waals surface area contributed by atoms with Crippen molar-refractivity contribution < 1.29 is 8.42 Å². The molecule has 0 saturated carbocycles. The normalized spacial score (nSPS) is 12.0. The van der Waals surface area contributed by atoms with E-state index in [1.54, 1.807) is 24.8 Å². The third-order valence-corrected chi connectivity index (χ3v) is 5.21. The number of sulfonamides is 1. The summed E-state index contributed by atoms with van der Waals surface area (Å²) in [6, 6.07) is 1.59. The topological polar surface area (TPSA) is 94.7 Å². The number of rotatable bonds is 3. The molecule has 3 heterocycles. The maximum atomic E-state index is 12.7. The molecule has 3 rings (SSSR count). The molecule has 8 nitrogen and oxygen atoms in total. The third-order valence-electron chi connectivity index (χ3n) is 3.90. The van der Waals surface area contributed by atoms with E-state index in [0.29, 0.717) is 16.9 Å². The second-order valence-corrected chi connectivity index (χ2v) is 7.22. The van der Waals surface area contributed by atoms with Gasteiger partial charge in [-0.05, 0) is 26.8 Å². The van der Waals surface area contributed by atoms with Crippen LogP contribution in [0.4, 0.5) is 5.82 Å². The fourth-order valence-electron chi connectivity index (χ4n) is 2.53. The molecule has 0 atom stereocenters. The maximum absolute atomic E-state index is 12.7. The highest BCUT2D eigenvalue weighted by Gasteiger charge is 2.21. The quantitative estimate of drug-likeness (QED) is 0.782. The number of aryl methyl sites for hydroxylation is 4. The van der Waals surface area contributed by atoms with Gasteiger partial charge < -0.3 is 0 Å². The second-order valence-electron chi connectivity index (χ2n) is 5.54. The summed E-state index contributed by atoms with van der Waals surface area (Å²) >= 11 is 0. The summed E-state index contributed by atoms with van der Waals surface area (Å²) in [5.74, 6) is 0.450. The van der Waals surface area contributed by atoms with Crippen LogP contribution in [-0.2, 0) is 24.1 Å². The fourth-order valence-corrected chi connectivity index (χ4v) is 3.65. The van der Waals surface area contributed by atoms with Gasteiger partial charge in [-0.25, -0.2) is 13.4 Å². The van der Waals surface area contributed by atoms with Crippen molar-refractivity contribution in [1.82, 2.24) is 24.5 Å². The summed E-state index contributed by atoms with van der Waals surface area (Å²) in [5.41, 5.74) is 2.96. The summed E-state index contributed by atoms with van der Waals surface area (Å²) in [6.07, 6.45) is 1.34. The second kappa shape index (κ2) is 5.05. The van der Waals surface area contributed by atoms with Crippen molar-refractivity contribution in [3.05, 3.63) is 29.2 Å². The number of fused-ring (bicyclic) bond motifs is 1. The van der Waals surface area contributed by atoms with Gasteiger partial charge in [0.25, 0.3) is 10.0 Å². The average molecular weight is 334 g/mol. The van der Waals surface area contributed by atoms with E-state index in [9.17, 15) is 8.42 Å².